The van der Waals surface area contributed by atoms with E-state index in [9.17, 15) is 0 Å². The number of thioether (sulfide) groups is 1. The van der Waals surface area contributed by atoms with Gasteiger partial charge < -0.3 is 4.85 Å². The van der Waals surface area contributed by atoms with Crippen molar-refractivity contribution in [2.75, 3.05) is 6.26 Å². The summed E-state index contributed by atoms with van der Waals surface area (Å²) < 4.78 is 0. The van der Waals surface area contributed by atoms with Crippen molar-refractivity contribution in [3.05, 3.63) is 41.2 Å². The second kappa shape index (κ2) is 4.18. The molecule has 0 saturated carbocycles. The fourth-order valence-corrected chi connectivity index (χ4v) is 1.77. The van der Waals surface area contributed by atoms with Crippen LogP contribution in [0.15, 0.2) is 29.2 Å². The largest absolute Gasteiger partial charge is 0.309 e. The van der Waals surface area contributed by atoms with Gasteiger partial charge in [0.25, 0.3) is 0 Å². The Hall–Kier alpha value is -0.940. The van der Waals surface area contributed by atoms with Gasteiger partial charge in [-0.3, -0.25) is 0 Å². The van der Waals surface area contributed by atoms with Crippen molar-refractivity contribution >= 4 is 11.8 Å². The third-order valence-electron chi connectivity index (χ3n) is 1.78. The van der Waals surface area contributed by atoms with Crippen LogP contribution in [0.5, 0.6) is 0 Å². The molecule has 0 bridgehead atoms. The van der Waals surface area contributed by atoms with Crippen LogP contribution in [0.25, 0.3) is 4.85 Å². The molecule has 0 aliphatic carbocycles. The van der Waals surface area contributed by atoms with Crippen LogP contribution in [0.2, 0.25) is 0 Å². The zero-order valence-corrected chi connectivity index (χ0v) is 8.06. The molecule has 0 aliphatic heterocycles. The van der Waals surface area contributed by atoms with Gasteiger partial charge in [0.15, 0.2) is 0 Å². The number of nitrogens with zero attached hydrogens (tertiary/aromatic N) is 1. The summed E-state index contributed by atoms with van der Waals surface area (Å²) in [5, 5.41) is 0. The molecule has 0 spiro atoms. The van der Waals surface area contributed by atoms with Crippen LogP contribution in [-0.2, 0) is 0 Å². The van der Waals surface area contributed by atoms with Crippen molar-refractivity contribution in [1.29, 1.82) is 0 Å². The van der Waals surface area contributed by atoms with Gasteiger partial charge in [-0.2, -0.15) is 0 Å². The number of rotatable bonds is 2. The van der Waals surface area contributed by atoms with E-state index in [-0.39, 0.29) is 6.04 Å². The van der Waals surface area contributed by atoms with E-state index in [4.69, 9.17) is 6.57 Å². The van der Waals surface area contributed by atoms with Gasteiger partial charge in [0, 0.05) is 17.4 Å². The van der Waals surface area contributed by atoms with Gasteiger partial charge in [-0.25, -0.2) is 6.57 Å². The van der Waals surface area contributed by atoms with Crippen LogP contribution in [0.3, 0.4) is 0 Å². The number of hydrogen-bond donors (Lipinski definition) is 0. The molecule has 0 N–H and O–H groups in total. The summed E-state index contributed by atoms with van der Waals surface area (Å²) in [6, 6.07) is 8.05. The molecule has 0 aromatic heterocycles. The van der Waals surface area contributed by atoms with E-state index in [1.54, 1.807) is 11.8 Å². The average Bonchev–Trinajstić information content (AvgIpc) is 2.16. The van der Waals surface area contributed by atoms with Crippen molar-refractivity contribution in [2.45, 2.75) is 17.9 Å². The van der Waals surface area contributed by atoms with Gasteiger partial charge in [-0.1, -0.05) is 18.2 Å². The summed E-state index contributed by atoms with van der Waals surface area (Å²) in [6.07, 6.45) is 2.04. The summed E-state index contributed by atoms with van der Waals surface area (Å²) in [7, 11) is 0. The highest BCUT2D eigenvalue weighted by atomic mass is 32.2. The van der Waals surface area contributed by atoms with Crippen LogP contribution in [0, 0.1) is 6.57 Å². The topological polar surface area (TPSA) is 4.36 Å². The van der Waals surface area contributed by atoms with E-state index in [0.717, 1.165) is 5.56 Å². The first kappa shape index (κ1) is 9.15. The molecule has 0 radical (unpaired) electrons. The van der Waals surface area contributed by atoms with Gasteiger partial charge in [-0.05, 0) is 12.3 Å². The smallest absolute Gasteiger partial charge is 0.247 e. The first-order chi connectivity index (χ1) is 5.79. The molecule has 1 rings (SSSR count). The van der Waals surface area contributed by atoms with Crippen LogP contribution in [0.1, 0.15) is 18.5 Å². The van der Waals surface area contributed by atoms with Gasteiger partial charge in [-0.15, -0.1) is 11.8 Å². The molecular weight excluding hydrogens is 166 g/mol. The van der Waals surface area contributed by atoms with Crippen LogP contribution >= 0.6 is 11.8 Å². The predicted molar refractivity (Wildman–Crippen MR) is 53.2 cm³/mol. The Morgan fingerprint density at radius 3 is 2.67 bits per heavy atom. The first-order valence-electron chi connectivity index (χ1n) is 3.79. The summed E-state index contributed by atoms with van der Waals surface area (Å²) >= 11 is 1.70. The van der Waals surface area contributed by atoms with Gasteiger partial charge in [0.05, 0.1) is 0 Å². The highest BCUT2D eigenvalue weighted by Crippen LogP contribution is 2.27. The molecule has 0 aliphatic rings. The van der Waals surface area contributed by atoms with Crippen LogP contribution in [0.4, 0.5) is 0 Å². The molecule has 1 unspecified atom stereocenters. The average molecular weight is 177 g/mol. The maximum atomic E-state index is 6.93. The second-order valence-corrected chi connectivity index (χ2v) is 3.40. The Kier molecular flexibility index (Phi) is 3.19. The molecule has 1 aromatic rings. The van der Waals surface area contributed by atoms with E-state index in [0.29, 0.717) is 0 Å². The monoisotopic (exact) mass is 177 g/mol. The standard InChI is InChI=1S/C10H11NS/c1-8(11-2)9-6-4-5-7-10(9)12-3/h4-8H,1,3H3. The van der Waals surface area contributed by atoms with E-state index in [2.05, 4.69) is 10.9 Å². The Morgan fingerprint density at radius 1 is 1.42 bits per heavy atom. The lowest BCUT2D eigenvalue weighted by atomic mass is 10.1. The molecule has 1 nitrogen and oxygen atoms in total. The highest BCUT2D eigenvalue weighted by Gasteiger charge is 2.11. The minimum atomic E-state index is -0.0198. The van der Waals surface area contributed by atoms with Crippen LogP contribution < -0.4 is 0 Å². The van der Waals surface area contributed by atoms with E-state index >= 15 is 0 Å². The Morgan fingerprint density at radius 2 is 2.08 bits per heavy atom. The summed E-state index contributed by atoms with van der Waals surface area (Å²) in [5.41, 5.74) is 1.14. The summed E-state index contributed by atoms with van der Waals surface area (Å²) in [4.78, 5) is 4.71. The molecule has 0 amide bonds. The van der Waals surface area contributed by atoms with E-state index in [1.807, 2.05) is 31.4 Å². The lowest BCUT2D eigenvalue weighted by Gasteiger charge is -2.04. The zero-order valence-electron chi connectivity index (χ0n) is 7.24. The quantitative estimate of drug-likeness (QED) is 0.495. The molecule has 2 heteroatoms. The zero-order chi connectivity index (χ0) is 8.97. The molecule has 0 saturated heterocycles. The molecule has 12 heavy (non-hydrogen) atoms. The minimum Gasteiger partial charge on any atom is -0.309 e. The molecule has 1 aromatic carbocycles. The fraction of sp³-hybridized carbons (Fsp3) is 0.300. The molecule has 0 fully saturated rings. The second-order valence-electron chi connectivity index (χ2n) is 2.55. The highest BCUT2D eigenvalue weighted by molar-refractivity contribution is 7.98. The third kappa shape index (κ3) is 1.80. The molecule has 0 heterocycles. The normalized spacial score (nSPS) is 12.1. The van der Waals surface area contributed by atoms with E-state index in [1.165, 1.54) is 4.90 Å². The van der Waals surface area contributed by atoms with Crippen molar-refractivity contribution < 1.29 is 0 Å². The van der Waals surface area contributed by atoms with Crippen molar-refractivity contribution in [1.82, 2.24) is 0 Å². The van der Waals surface area contributed by atoms with Crippen molar-refractivity contribution in [2.24, 2.45) is 0 Å². The van der Waals surface area contributed by atoms with Gasteiger partial charge in [0.2, 0.25) is 6.04 Å². The molecule has 1 atom stereocenters. The minimum absolute atomic E-state index is 0.0198. The predicted octanol–water partition coefficient (Wildman–Crippen LogP) is 3.39. The molecule has 62 valence electrons. The van der Waals surface area contributed by atoms with E-state index < -0.39 is 0 Å². The SMILES string of the molecule is [C-]#[N+]C(C)c1ccccc1SC. The number of hydrogen-bond acceptors (Lipinski definition) is 1. The Bertz CT molecular complexity index is 301. The van der Waals surface area contributed by atoms with Gasteiger partial charge >= 0.3 is 0 Å². The third-order valence-corrected chi connectivity index (χ3v) is 2.59. The summed E-state index contributed by atoms with van der Waals surface area (Å²) in [5.74, 6) is 0. The Balaban J connectivity index is 3.06. The van der Waals surface area contributed by atoms with Gasteiger partial charge in [0.1, 0.15) is 0 Å². The van der Waals surface area contributed by atoms with Crippen LogP contribution in [-0.4, -0.2) is 6.26 Å². The maximum absolute atomic E-state index is 6.93. The van der Waals surface area contributed by atoms with Crippen molar-refractivity contribution in [3.63, 3.8) is 0 Å². The molecular formula is C10H11NS. The lowest BCUT2D eigenvalue weighted by Crippen LogP contribution is -1.89. The van der Waals surface area contributed by atoms with Crippen molar-refractivity contribution in [3.8, 4) is 0 Å². The lowest BCUT2D eigenvalue weighted by molar-refractivity contribution is 0.929. The maximum Gasteiger partial charge on any atom is 0.247 e. The summed E-state index contributed by atoms with van der Waals surface area (Å²) in [6.45, 7) is 8.87. The fourth-order valence-electron chi connectivity index (χ4n) is 1.08. The first-order valence-corrected chi connectivity index (χ1v) is 5.01. The Labute approximate surface area is 77.6 Å². The number of benzene rings is 1.